The number of ether oxygens (including phenoxy) is 1. The number of pyridine rings is 1. The van der Waals surface area contributed by atoms with Crippen molar-refractivity contribution < 1.29 is 9.53 Å². The molecule has 2 fully saturated rings. The average molecular weight is 281 g/mol. The first-order valence-corrected chi connectivity index (χ1v) is 7.01. The molecule has 1 aliphatic carbocycles. The highest BCUT2D eigenvalue weighted by Gasteiger charge is 2.44. The van der Waals surface area contributed by atoms with E-state index in [1.54, 1.807) is 6.20 Å². The maximum atomic E-state index is 11.9. The molecule has 5 heteroatoms. The van der Waals surface area contributed by atoms with Crippen LogP contribution >= 0.6 is 11.6 Å². The second-order valence-corrected chi connectivity index (χ2v) is 5.83. The summed E-state index contributed by atoms with van der Waals surface area (Å²) in [5, 5.41) is 0.219. The van der Waals surface area contributed by atoms with Crippen LogP contribution < -0.4 is 4.90 Å². The Balaban J connectivity index is 1.87. The lowest BCUT2D eigenvalue weighted by atomic mass is 9.93. The number of piperidine rings is 1. The molecular formula is C14H17ClN2O2. The van der Waals surface area contributed by atoms with Gasteiger partial charge in [-0.25, -0.2) is 9.78 Å². The molecule has 19 heavy (non-hydrogen) atoms. The molecule has 0 atom stereocenters. The summed E-state index contributed by atoms with van der Waals surface area (Å²) >= 11 is 6.05. The lowest BCUT2D eigenvalue weighted by molar-refractivity contribution is 0.0601. The number of methoxy groups -OCH3 is 1. The maximum absolute atomic E-state index is 11.9. The Bertz CT molecular complexity index is 504. The Morgan fingerprint density at radius 3 is 2.63 bits per heavy atom. The molecule has 1 aromatic heterocycles. The van der Waals surface area contributed by atoms with Gasteiger partial charge < -0.3 is 9.64 Å². The smallest absolute Gasteiger partial charge is 0.343 e. The van der Waals surface area contributed by atoms with Crippen LogP contribution in [-0.4, -0.2) is 31.2 Å². The van der Waals surface area contributed by atoms with Crippen LogP contribution in [0.3, 0.4) is 0 Å². The van der Waals surface area contributed by atoms with E-state index in [1.165, 1.54) is 32.8 Å². The Morgan fingerprint density at radius 2 is 2.05 bits per heavy atom. The van der Waals surface area contributed by atoms with E-state index in [9.17, 15) is 4.79 Å². The zero-order chi connectivity index (χ0) is 13.5. The van der Waals surface area contributed by atoms with E-state index in [2.05, 4.69) is 9.88 Å². The lowest BCUT2D eigenvalue weighted by Gasteiger charge is -2.34. The summed E-state index contributed by atoms with van der Waals surface area (Å²) in [6, 6.07) is 1.85. The van der Waals surface area contributed by atoms with Crippen molar-refractivity contribution in [1.29, 1.82) is 0 Å². The predicted molar refractivity (Wildman–Crippen MR) is 73.7 cm³/mol. The molecule has 4 nitrogen and oxygen atoms in total. The van der Waals surface area contributed by atoms with Crippen LogP contribution in [0.2, 0.25) is 5.15 Å². The molecule has 0 unspecified atom stereocenters. The second-order valence-electron chi connectivity index (χ2n) is 5.47. The molecule has 1 saturated heterocycles. The molecule has 0 amide bonds. The summed E-state index contributed by atoms with van der Waals surface area (Å²) in [7, 11) is 1.37. The lowest BCUT2D eigenvalue weighted by Crippen LogP contribution is -2.35. The predicted octanol–water partition coefficient (Wildman–Crippen LogP) is 2.90. The molecule has 2 aliphatic rings. The van der Waals surface area contributed by atoms with E-state index in [1.807, 2.05) is 6.07 Å². The van der Waals surface area contributed by atoms with Crippen molar-refractivity contribution >= 4 is 23.3 Å². The van der Waals surface area contributed by atoms with Gasteiger partial charge >= 0.3 is 5.97 Å². The number of hydrogen-bond donors (Lipinski definition) is 0. The van der Waals surface area contributed by atoms with Crippen LogP contribution in [0.5, 0.6) is 0 Å². The fourth-order valence-electron chi connectivity index (χ4n) is 2.88. The SMILES string of the molecule is COC(=O)c1c(N2CCC3(CC2)CC3)ccnc1Cl. The highest BCUT2D eigenvalue weighted by molar-refractivity contribution is 6.33. The van der Waals surface area contributed by atoms with Crippen molar-refractivity contribution in [3.05, 3.63) is 23.0 Å². The van der Waals surface area contributed by atoms with Crippen LogP contribution in [0.25, 0.3) is 0 Å². The van der Waals surface area contributed by atoms with E-state index >= 15 is 0 Å². The third-order valence-corrected chi connectivity index (χ3v) is 4.68. The van der Waals surface area contributed by atoms with Gasteiger partial charge in [0, 0.05) is 19.3 Å². The van der Waals surface area contributed by atoms with Crippen LogP contribution in [0.4, 0.5) is 5.69 Å². The van der Waals surface area contributed by atoms with Gasteiger partial charge in [-0.05, 0) is 37.2 Å². The highest BCUT2D eigenvalue weighted by atomic mass is 35.5. The van der Waals surface area contributed by atoms with Gasteiger partial charge in [-0.1, -0.05) is 11.6 Å². The van der Waals surface area contributed by atoms with Crippen LogP contribution in [0.15, 0.2) is 12.3 Å². The average Bonchev–Trinajstić information content (AvgIpc) is 3.18. The van der Waals surface area contributed by atoms with Crippen molar-refractivity contribution in [3.63, 3.8) is 0 Å². The van der Waals surface area contributed by atoms with Crippen molar-refractivity contribution in [2.45, 2.75) is 25.7 Å². The molecule has 1 saturated carbocycles. The Labute approximate surface area is 117 Å². The zero-order valence-corrected chi connectivity index (χ0v) is 11.7. The summed E-state index contributed by atoms with van der Waals surface area (Å²) < 4.78 is 4.81. The standard InChI is InChI=1S/C14H17ClN2O2/c1-19-13(18)11-10(2-7-16-12(11)15)17-8-5-14(3-4-14)6-9-17/h2,7H,3-6,8-9H2,1H3. The quantitative estimate of drug-likeness (QED) is 0.617. The van der Waals surface area contributed by atoms with Gasteiger partial charge in [0.25, 0.3) is 0 Å². The van der Waals surface area contributed by atoms with E-state index < -0.39 is 5.97 Å². The number of anilines is 1. The molecule has 0 N–H and O–H groups in total. The van der Waals surface area contributed by atoms with Gasteiger partial charge in [0.15, 0.2) is 0 Å². The van der Waals surface area contributed by atoms with E-state index in [0.717, 1.165) is 18.8 Å². The number of nitrogens with zero attached hydrogens (tertiary/aromatic N) is 2. The first-order valence-electron chi connectivity index (χ1n) is 6.63. The van der Waals surface area contributed by atoms with Gasteiger partial charge in [0.2, 0.25) is 0 Å². The molecule has 3 rings (SSSR count). The fraction of sp³-hybridized carbons (Fsp3) is 0.571. The van der Waals surface area contributed by atoms with Gasteiger partial charge in [0.05, 0.1) is 12.8 Å². The summed E-state index contributed by atoms with van der Waals surface area (Å²) in [6.07, 6.45) is 6.77. The largest absolute Gasteiger partial charge is 0.465 e. The number of carbonyl (C=O) groups excluding carboxylic acids is 1. The van der Waals surface area contributed by atoms with Crippen molar-refractivity contribution in [2.24, 2.45) is 5.41 Å². The minimum Gasteiger partial charge on any atom is -0.465 e. The third kappa shape index (κ3) is 2.29. The first-order chi connectivity index (χ1) is 9.15. The molecule has 0 radical (unpaired) electrons. The molecule has 1 aliphatic heterocycles. The van der Waals surface area contributed by atoms with Gasteiger partial charge in [-0.3, -0.25) is 0 Å². The molecule has 2 heterocycles. The zero-order valence-electron chi connectivity index (χ0n) is 11.0. The Kier molecular flexibility index (Phi) is 3.13. The Morgan fingerprint density at radius 1 is 1.37 bits per heavy atom. The van der Waals surface area contributed by atoms with Gasteiger partial charge in [0.1, 0.15) is 10.7 Å². The van der Waals surface area contributed by atoms with E-state index in [4.69, 9.17) is 16.3 Å². The van der Waals surface area contributed by atoms with E-state index in [-0.39, 0.29) is 5.15 Å². The number of hydrogen-bond acceptors (Lipinski definition) is 4. The normalized spacial score (nSPS) is 20.4. The van der Waals surface area contributed by atoms with Gasteiger partial charge in [-0.15, -0.1) is 0 Å². The highest BCUT2D eigenvalue weighted by Crippen LogP contribution is 2.54. The summed E-state index contributed by atoms with van der Waals surface area (Å²) in [5.41, 5.74) is 1.85. The number of carbonyl (C=O) groups is 1. The third-order valence-electron chi connectivity index (χ3n) is 4.39. The number of halogens is 1. The van der Waals surface area contributed by atoms with Crippen LogP contribution in [0, 0.1) is 5.41 Å². The van der Waals surface area contributed by atoms with Gasteiger partial charge in [-0.2, -0.15) is 0 Å². The number of aromatic nitrogens is 1. The molecule has 102 valence electrons. The van der Waals surface area contributed by atoms with Crippen LogP contribution in [0.1, 0.15) is 36.0 Å². The molecule has 1 spiro atoms. The fourth-order valence-corrected chi connectivity index (χ4v) is 3.11. The summed E-state index contributed by atoms with van der Waals surface area (Å²) in [5.74, 6) is -0.417. The maximum Gasteiger partial charge on any atom is 0.343 e. The number of esters is 1. The molecule has 1 aromatic rings. The minimum absolute atomic E-state index is 0.219. The van der Waals surface area contributed by atoms with Crippen molar-refractivity contribution in [3.8, 4) is 0 Å². The van der Waals surface area contributed by atoms with Crippen LogP contribution in [-0.2, 0) is 4.74 Å². The second kappa shape index (κ2) is 4.67. The number of rotatable bonds is 2. The van der Waals surface area contributed by atoms with E-state index in [0.29, 0.717) is 11.0 Å². The minimum atomic E-state index is -0.417. The monoisotopic (exact) mass is 280 g/mol. The molecule has 0 bridgehead atoms. The first kappa shape index (κ1) is 12.7. The molecule has 0 aromatic carbocycles. The van der Waals surface area contributed by atoms with Crippen molar-refractivity contribution in [2.75, 3.05) is 25.1 Å². The topological polar surface area (TPSA) is 42.4 Å². The molecular weight excluding hydrogens is 264 g/mol. The summed E-state index contributed by atoms with van der Waals surface area (Å²) in [4.78, 5) is 18.1. The Hall–Kier alpha value is -1.29. The summed E-state index contributed by atoms with van der Waals surface area (Å²) in [6.45, 7) is 1.95. The van der Waals surface area contributed by atoms with Crippen molar-refractivity contribution in [1.82, 2.24) is 4.98 Å².